The molecule has 1 fully saturated rings. The smallest absolute Gasteiger partial charge is 0.407 e. The number of ether oxygens (including phenoxy) is 1. The highest BCUT2D eigenvalue weighted by Crippen LogP contribution is 2.42. The van der Waals surface area contributed by atoms with Crippen LogP contribution in [0.4, 0.5) is 10.5 Å². The van der Waals surface area contributed by atoms with Crippen molar-refractivity contribution in [3.05, 3.63) is 118 Å². The Morgan fingerprint density at radius 2 is 1.66 bits per heavy atom. The summed E-state index contributed by atoms with van der Waals surface area (Å²) < 4.78 is 5.75. The lowest BCUT2D eigenvalue weighted by Gasteiger charge is -2.34. The van der Waals surface area contributed by atoms with Gasteiger partial charge < -0.3 is 29.5 Å². The number of halogens is 1. The van der Waals surface area contributed by atoms with Crippen molar-refractivity contribution in [2.24, 2.45) is 0 Å². The van der Waals surface area contributed by atoms with Crippen LogP contribution in [0.15, 0.2) is 91.0 Å². The molecule has 1 atom stereocenters. The molecule has 0 spiro atoms. The standard InChI is InChI=1S/C35H31ClN4O4/c1-44-32-13-10-26(36)20-29(32)33(31-19-24-4-2-3-5-30(24)37-31)40-21-25-7-6-23(18-28(25)34(40)41)22-8-11-27(12-9-22)38-14-16-39(17-15-38)35(42)43/h2-13,18-20,33,37H,14-17,21H2,1H3,(H,42,43). The summed E-state index contributed by atoms with van der Waals surface area (Å²) in [7, 11) is 1.63. The zero-order valence-electron chi connectivity index (χ0n) is 24.2. The first-order valence-corrected chi connectivity index (χ1v) is 15.0. The Labute approximate surface area is 260 Å². The normalized spacial score (nSPS) is 15.5. The van der Waals surface area contributed by atoms with E-state index in [1.54, 1.807) is 13.2 Å². The van der Waals surface area contributed by atoms with Gasteiger partial charge in [0.05, 0.1) is 7.11 Å². The van der Waals surface area contributed by atoms with Crippen molar-refractivity contribution < 1.29 is 19.4 Å². The van der Waals surface area contributed by atoms with Gasteiger partial charge in [-0.1, -0.05) is 54.1 Å². The van der Waals surface area contributed by atoms with Crippen LogP contribution in [-0.2, 0) is 6.54 Å². The van der Waals surface area contributed by atoms with Crippen LogP contribution in [0.25, 0.3) is 22.0 Å². The van der Waals surface area contributed by atoms with E-state index in [9.17, 15) is 14.7 Å². The molecule has 1 aromatic heterocycles. The van der Waals surface area contributed by atoms with Gasteiger partial charge in [-0.2, -0.15) is 0 Å². The molecule has 44 heavy (non-hydrogen) atoms. The Hall–Kier alpha value is -4.95. The van der Waals surface area contributed by atoms with Gasteiger partial charge in [0, 0.05) is 65.8 Å². The molecule has 0 aliphatic carbocycles. The molecule has 2 amide bonds. The molecule has 0 saturated carbocycles. The van der Waals surface area contributed by atoms with Crippen molar-refractivity contribution in [1.82, 2.24) is 14.8 Å². The summed E-state index contributed by atoms with van der Waals surface area (Å²) in [4.78, 5) is 34.5. The first-order chi connectivity index (χ1) is 21.4. The van der Waals surface area contributed by atoms with Gasteiger partial charge in [-0.3, -0.25) is 4.79 Å². The van der Waals surface area contributed by atoms with E-state index in [0.29, 0.717) is 49.1 Å². The van der Waals surface area contributed by atoms with Crippen molar-refractivity contribution in [3.8, 4) is 16.9 Å². The Balaban J connectivity index is 1.19. The molecule has 1 saturated heterocycles. The summed E-state index contributed by atoms with van der Waals surface area (Å²) >= 11 is 6.49. The number of nitrogens with zero attached hydrogens (tertiary/aromatic N) is 3. The summed E-state index contributed by atoms with van der Waals surface area (Å²) in [6.45, 7) is 2.74. The average molecular weight is 607 g/mol. The second kappa shape index (κ2) is 11.3. The number of amides is 2. The molecule has 8 nitrogen and oxygen atoms in total. The Bertz CT molecular complexity index is 1850. The molecule has 2 aliphatic heterocycles. The molecule has 9 heteroatoms. The quantitative estimate of drug-likeness (QED) is 0.216. The highest BCUT2D eigenvalue weighted by Gasteiger charge is 2.37. The minimum Gasteiger partial charge on any atom is -0.496 e. The third-order valence-electron chi connectivity index (χ3n) is 8.70. The number of rotatable bonds is 6. The molecule has 3 heterocycles. The maximum atomic E-state index is 14.2. The fourth-order valence-electron chi connectivity index (χ4n) is 6.40. The molecular weight excluding hydrogens is 576 g/mol. The van der Waals surface area contributed by atoms with Gasteiger partial charge in [0.1, 0.15) is 11.8 Å². The molecular formula is C35H31ClN4O4. The molecule has 0 bridgehead atoms. The second-order valence-electron chi connectivity index (χ2n) is 11.2. The van der Waals surface area contributed by atoms with Crippen molar-refractivity contribution in [2.75, 3.05) is 38.2 Å². The van der Waals surface area contributed by atoms with E-state index in [0.717, 1.165) is 44.5 Å². The maximum absolute atomic E-state index is 14.2. The number of benzene rings is 4. The fraction of sp³-hybridized carbons (Fsp3) is 0.200. The predicted octanol–water partition coefficient (Wildman–Crippen LogP) is 7.04. The highest BCUT2D eigenvalue weighted by atomic mass is 35.5. The number of piperazine rings is 1. The Kier molecular flexibility index (Phi) is 7.14. The number of nitrogens with one attached hydrogen (secondary N) is 1. The summed E-state index contributed by atoms with van der Waals surface area (Å²) in [6.07, 6.45) is -0.871. The average Bonchev–Trinajstić information content (AvgIpc) is 3.62. The van der Waals surface area contributed by atoms with Crippen LogP contribution in [0.3, 0.4) is 0 Å². The molecule has 5 aromatic rings. The number of fused-ring (bicyclic) bond motifs is 2. The third kappa shape index (κ3) is 5.01. The first-order valence-electron chi connectivity index (χ1n) is 14.6. The summed E-state index contributed by atoms with van der Waals surface area (Å²) in [5.41, 5.74) is 7.36. The second-order valence-corrected chi connectivity index (χ2v) is 11.6. The Morgan fingerprint density at radius 3 is 2.39 bits per heavy atom. The van der Waals surface area contributed by atoms with E-state index in [1.807, 2.05) is 47.4 Å². The number of anilines is 1. The van der Waals surface area contributed by atoms with Gasteiger partial charge in [0.15, 0.2) is 0 Å². The molecule has 7 rings (SSSR count). The number of hydrogen-bond donors (Lipinski definition) is 2. The Morgan fingerprint density at radius 1 is 0.909 bits per heavy atom. The van der Waals surface area contributed by atoms with E-state index in [-0.39, 0.29) is 5.91 Å². The number of hydrogen-bond acceptors (Lipinski definition) is 4. The van der Waals surface area contributed by atoms with Crippen LogP contribution in [-0.4, -0.2) is 65.2 Å². The maximum Gasteiger partial charge on any atom is 0.407 e. The van der Waals surface area contributed by atoms with Crippen LogP contribution in [0.1, 0.15) is 33.2 Å². The van der Waals surface area contributed by atoms with E-state index in [1.165, 1.54) is 4.90 Å². The van der Waals surface area contributed by atoms with E-state index in [4.69, 9.17) is 16.3 Å². The molecule has 0 radical (unpaired) electrons. The van der Waals surface area contributed by atoms with Crippen LogP contribution >= 0.6 is 11.6 Å². The van der Waals surface area contributed by atoms with E-state index < -0.39 is 12.1 Å². The number of aromatic nitrogens is 1. The number of carbonyl (C=O) groups excluding carboxylic acids is 1. The van der Waals surface area contributed by atoms with Crippen molar-refractivity contribution >= 4 is 40.2 Å². The van der Waals surface area contributed by atoms with Crippen molar-refractivity contribution in [3.63, 3.8) is 0 Å². The van der Waals surface area contributed by atoms with Gasteiger partial charge in [0.25, 0.3) is 5.91 Å². The molecule has 2 aliphatic rings. The lowest BCUT2D eigenvalue weighted by molar-refractivity contribution is 0.0726. The fourth-order valence-corrected chi connectivity index (χ4v) is 6.58. The summed E-state index contributed by atoms with van der Waals surface area (Å²) in [5.74, 6) is 0.604. The largest absolute Gasteiger partial charge is 0.496 e. The van der Waals surface area contributed by atoms with Gasteiger partial charge in [-0.05, 0) is 70.6 Å². The zero-order chi connectivity index (χ0) is 30.4. The van der Waals surface area contributed by atoms with Gasteiger partial charge in [0.2, 0.25) is 0 Å². The molecule has 4 aromatic carbocycles. The predicted molar refractivity (Wildman–Crippen MR) is 172 cm³/mol. The molecule has 2 N–H and O–H groups in total. The van der Waals surface area contributed by atoms with Crippen LogP contribution < -0.4 is 9.64 Å². The lowest BCUT2D eigenvalue weighted by Crippen LogP contribution is -2.48. The van der Waals surface area contributed by atoms with Crippen LogP contribution in [0.5, 0.6) is 5.75 Å². The molecule has 222 valence electrons. The lowest BCUT2D eigenvalue weighted by atomic mass is 10.00. The zero-order valence-corrected chi connectivity index (χ0v) is 24.9. The monoisotopic (exact) mass is 606 g/mol. The van der Waals surface area contributed by atoms with E-state index in [2.05, 4.69) is 52.3 Å². The van der Waals surface area contributed by atoms with Gasteiger partial charge in [-0.15, -0.1) is 0 Å². The van der Waals surface area contributed by atoms with Gasteiger partial charge >= 0.3 is 6.09 Å². The van der Waals surface area contributed by atoms with Crippen LogP contribution in [0, 0.1) is 0 Å². The minimum absolute atomic E-state index is 0.0551. The third-order valence-corrected chi connectivity index (χ3v) is 8.94. The van der Waals surface area contributed by atoms with Gasteiger partial charge in [-0.25, -0.2) is 4.79 Å². The topological polar surface area (TPSA) is 89.1 Å². The van der Waals surface area contributed by atoms with E-state index >= 15 is 0 Å². The first kappa shape index (κ1) is 27.9. The molecule has 1 unspecified atom stereocenters. The number of carbonyl (C=O) groups is 2. The highest BCUT2D eigenvalue weighted by molar-refractivity contribution is 6.30. The number of carboxylic acid groups (broad SMARTS) is 1. The number of aromatic amines is 1. The summed E-state index contributed by atoms with van der Waals surface area (Å²) in [5, 5.41) is 10.9. The number of H-pyrrole nitrogens is 1. The van der Waals surface area contributed by atoms with Crippen LogP contribution in [0.2, 0.25) is 5.02 Å². The number of para-hydroxylation sites is 1. The minimum atomic E-state index is -0.871. The van der Waals surface area contributed by atoms with Crippen molar-refractivity contribution in [1.29, 1.82) is 0 Å². The summed E-state index contributed by atoms with van der Waals surface area (Å²) in [6, 6.07) is 29.5. The SMILES string of the molecule is COc1ccc(Cl)cc1C(c1cc2ccccc2[nH]1)N1Cc2ccc(-c3ccc(N4CCN(C(=O)O)CC4)cc3)cc2C1=O. The van der Waals surface area contributed by atoms with Crippen molar-refractivity contribution in [2.45, 2.75) is 12.6 Å². The number of methoxy groups -OCH3 is 1.